The number of sulfone groups is 1. The number of benzene rings is 1. The number of aromatic nitrogens is 2. The summed E-state index contributed by atoms with van der Waals surface area (Å²) in [5, 5.41) is 0. The summed E-state index contributed by atoms with van der Waals surface area (Å²) in [6.45, 7) is 2.19. The molecule has 0 radical (unpaired) electrons. The van der Waals surface area contributed by atoms with Gasteiger partial charge in [-0.1, -0.05) is 19.4 Å². The quantitative estimate of drug-likeness (QED) is 0.793. The zero-order chi connectivity index (χ0) is 15.2. The zero-order valence-electron chi connectivity index (χ0n) is 12.2. The molecule has 1 aliphatic rings. The lowest BCUT2D eigenvalue weighted by Crippen LogP contribution is -2.04. The third-order valence-electron chi connectivity index (χ3n) is 4.22. The van der Waals surface area contributed by atoms with E-state index in [1.54, 1.807) is 12.1 Å². The van der Waals surface area contributed by atoms with Crippen molar-refractivity contribution < 1.29 is 8.42 Å². The highest BCUT2D eigenvalue weighted by Crippen LogP contribution is 2.48. The van der Waals surface area contributed by atoms with Crippen molar-refractivity contribution in [2.45, 2.75) is 37.1 Å². The highest BCUT2D eigenvalue weighted by molar-refractivity contribution is 7.91. The van der Waals surface area contributed by atoms with E-state index in [0.29, 0.717) is 34.7 Å². The Morgan fingerprint density at radius 2 is 2.19 bits per heavy atom. The summed E-state index contributed by atoms with van der Waals surface area (Å²) in [6, 6.07) is 5.82. The molecular weight excluding hydrogens is 308 g/mol. The van der Waals surface area contributed by atoms with Crippen molar-refractivity contribution >= 4 is 32.5 Å². The number of halogens is 1. The minimum absolute atomic E-state index is 0.309. The first-order valence-electron chi connectivity index (χ1n) is 7.23. The first-order valence-corrected chi connectivity index (χ1v) is 9.65. The van der Waals surface area contributed by atoms with Gasteiger partial charge in [0.05, 0.1) is 10.4 Å². The van der Waals surface area contributed by atoms with Crippen LogP contribution in [0.4, 0.5) is 0 Å². The van der Waals surface area contributed by atoms with Crippen LogP contribution in [-0.4, -0.2) is 30.1 Å². The molecule has 2 unspecified atom stereocenters. The van der Waals surface area contributed by atoms with E-state index in [0.717, 1.165) is 24.2 Å². The molecular formula is C15H19ClN2O2S. The van der Waals surface area contributed by atoms with E-state index < -0.39 is 9.84 Å². The van der Waals surface area contributed by atoms with E-state index in [1.165, 1.54) is 6.26 Å². The SMILES string of the molecule is CCC1CC1n1c(CCCl)nc2c(S(C)(=O)=O)cccc21. The normalized spacial score (nSPS) is 21.9. The summed E-state index contributed by atoms with van der Waals surface area (Å²) in [4.78, 5) is 4.91. The van der Waals surface area contributed by atoms with Crippen LogP contribution in [0.25, 0.3) is 11.0 Å². The highest BCUT2D eigenvalue weighted by Gasteiger charge is 2.39. The summed E-state index contributed by atoms with van der Waals surface area (Å²) in [7, 11) is -3.28. The summed E-state index contributed by atoms with van der Waals surface area (Å²) in [5.74, 6) is 2.05. The molecule has 3 rings (SSSR count). The van der Waals surface area contributed by atoms with Crippen LogP contribution in [0.1, 0.15) is 31.6 Å². The van der Waals surface area contributed by atoms with Gasteiger partial charge in [0, 0.05) is 24.6 Å². The van der Waals surface area contributed by atoms with Gasteiger partial charge in [-0.05, 0) is 24.5 Å². The molecule has 6 heteroatoms. The number of nitrogens with zero attached hydrogens (tertiary/aromatic N) is 2. The summed E-state index contributed by atoms with van der Waals surface area (Å²) in [6.07, 6.45) is 4.16. The van der Waals surface area contributed by atoms with E-state index in [2.05, 4.69) is 16.5 Å². The molecule has 0 aliphatic heterocycles. The van der Waals surface area contributed by atoms with Crippen LogP contribution in [0.2, 0.25) is 0 Å². The van der Waals surface area contributed by atoms with Crippen LogP contribution in [-0.2, 0) is 16.3 Å². The van der Waals surface area contributed by atoms with Gasteiger partial charge in [0.2, 0.25) is 0 Å². The van der Waals surface area contributed by atoms with Crippen LogP contribution < -0.4 is 0 Å². The molecule has 0 bridgehead atoms. The van der Waals surface area contributed by atoms with Gasteiger partial charge in [-0.15, -0.1) is 11.6 Å². The van der Waals surface area contributed by atoms with Gasteiger partial charge in [-0.25, -0.2) is 13.4 Å². The van der Waals surface area contributed by atoms with Crippen molar-refractivity contribution in [2.24, 2.45) is 5.92 Å². The molecule has 4 nitrogen and oxygen atoms in total. The largest absolute Gasteiger partial charge is 0.324 e. The maximum absolute atomic E-state index is 12.0. The Morgan fingerprint density at radius 3 is 2.76 bits per heavy atom. The Labute approximate surface area is 130 Å². The molecule has 0 saturated heterocycles. The molecule has 1 heterocycles. The minimum atomic E-state index is -3.28. The number of rotatable bonds is 5. The minimum Gasteiger partial charge on any atom is -0.324 e. The van der Waals surface area contributed by atoms with Gasteiger partial charge in [0.25, 0.3) is 0 Å². The van der Waals surface area contributed by atoms with Gasteiger partial charge in [-0.2, -0.15) is 0 Å². The Balaban J connectivity index is 2.23. The predicted octanol–water partition coefficient (Wildman–Crippen LogP) is 3.19. The van der Waals surface area contributed by atoms with E-state index in [1.807, 2.05) is 6.07 Å². The topological polar surface area (TPSA) is 52.0 Å². The molecule has 1 saturated carbocycles. The molecule has 21 heavy (non-hydrogen) atoms. The van der Waals surface area contributed by atoms with Gasteiger partial charge in [0.1, 0.15) is 11.3 Å². The lowest BCUT2D eigenvalue weighted by Gasteiger charge is -2.08. The molecule has 0 amide bonds. The number of fused-ring (bicyclic) bond motifs is 1. The van der Waals surface area contributed by atoms with E-state index in [-0.39, 0.29) is 0 Å². The fourth-order valence-corrected chi connectivity index (χ4v) is 4.05. The monoisotopic (exact) mass is 326 g/mol. The van der Waals surface area contributed by atoms with Crippen molar-refractivity contribution in [3.05, 3.63) is 24.0 Å². The third kappa shape index (κ3) is 2.57. The molecule has 2 aromatic rings. The molecule has 1 aliphatic carbocycles. The van der Waals surface area contributed by atoms with Gasteiger partial charge >= 0.3 is 0 Å². The molecule has 0 N–H and O–H groups in total. The Bertz CT molecular complexity index is 782. The second-order valence-corrected chi connectivity index (χ2v) is 8.07. The van der Waals surface area contributed by atoms with Gasteiger partial charge in [-0.3, -0.25) is 0 Å². The lowest BCUT2D eigenvalue weighted by molar-refractivity contribution is 0.602. The van der Waals surface area contributed by atoms with Crippen molar-refractivity contribution in [2.75, 3.05) is 12.1 Å². The molecule has 1 aromatic heterocycles. The lowest BCUT2D eigenvalue weighted by atomic mass is 10.3. The fourth-order valence-electron chi connectivity index (χ4n) is 3.06. The Kier molecular flexibility index (Phi) is 3.74. The zero-order valence-corrected chi connectivity index (χ0v) is 13.8. The summed E-state index contributed by atoms with van der Waals surface area (Å²) >= 11 is 5.89. The molecule has 1 fully saturated rings. The average Bonchev–Trinajstić information content (AvgIpc) is 3.11. The standard InChI is InChI=1S/C15H19ClN2O2S/c1-3-10-9-12(10)18-11-5-4-6-13(21(2,19)20)15(11)17-14(18)7-8-16/h4-6,10,12H,3,7-9H2,1-2H3. The number of hydrogen-bond acceptors (Lipinski definition) is 3. The number of alkyl halides is 1. The fraction of sp³-hybridized carbons (Fsp3) is 0.533. The third-order valence-corrected chi connectivity index (χ3v) is 5.53. The van der Waals surface area contributed by atoms with E-state index in [9.17, 15) is 8.42 Å². The van der Waals surface area contributed by atoms with Crippen molar-refractivity contribution in [3.63, 3.8) is 0 Å². The van der Waals surface area contributed by atoms with Gasteiger partial charge in [0.15, 0.2) is 9.84 Å². The number of aryl methyl sites for hydroxylation is 1. The van der Waals surface area contributed by atoms with Crippen LogP contribution >= 0.6 is 11.6 Å². The second-order valence-electron chi connectivity index (χ2n) is 5.70. The van der Waals surface area contributed by atoms with Crippen molar-refractivity contribution in [1.82, 2.24) is 9.55 Å². The maximum Gasteiger partial charge on any atom is 0.177 e. The molecule has 1 aromatic carbocycles. The Morgan fingerprint density at radius 1 is 1.43 bits per heavy atom. The first-order chi connectivity index (χ1) is 9.97. The highest BCUT2D eigenvalue weighted by atomic mass is 35.5. The number of hydrogen-bond donors (Lipinski definition) is 0. The maximum atomic E-state index is 12.0. The Hall–Kier alpha value is -1.07. The van der Waals surface area contributed by atoms with E-state index >= 15 is 0 Å². The second kappa shape index (κ2) is 5.29. The van der Waals surface area contributed by atoms with E-state index in [4.69, 9.17) is 11.6 Å². The van der Waals surface area contributed by atoms with Crippen molar-refractivity contribution in [3.8, 4) is 0 Å². The average molecular weight is 327 g/mol. The predicted molar refractivity (Wildman–Crippen MR) is 84.7 cm³/mol. The molecule has 0 spiro atoms. The smallest absolute Gasteiger partial charge is 0.177 e. The van der Waals surface area contributed by atoms with Crippen molar-refractivity contribution in [1.29, 1.82) is 0 Å². The van der Waals surface area contributed by atoms with Crippen LogP contribution in [0.3, 0.4) is 0 Å². The molecule has 114 valence electrons. The summed E-state index contributed by atoms with van der Waals surface area (Å²) < 4.78 is 26.1. The number of imidazole rings is 1. The van der Waals surface area contributed by atoms with Gasteiger partial charge < -0.3 is 4.57 Å². The van der Waals surface area contributed by atoms with Crippen LogP contribution in [0.15, 0.2) is 23.1 Å². The van der Waals surface area contributed by atoms with Crippen LogP contribution in [0, 0.1) is 5.92 Å². The molecule has 2 atom stereocenters. The summed E-state index contributed by atoms with van der Waals surface area (Å²) in [5.41, 5.74) is 1.50. The number of para-hydroxylation sites is 1. The van der Waals surface area contributed by atoms with Crippen LogP contribution in [0.5, 0.6) is 0 Å². The first kappa shape index (κ1) is 14.9.